The van der Waals surface area contributed by atoms with Crippen molar-refractivity contribution in [1.29, 1.82) is 0 Å². The predicted molar refractivity (Wildman–Crippen MR) is 64.8 cm³/mol. The zero-order valence-electron chi connectivity index (χ0n) is 9.19. The molecule has 0 aromatic carbocycles. The molecule has 2 aliphatic rings. The van der Waals surface area contributed by atoms with Crippen molar-refractivity contribution in [3.63, 3.8) is 0 Å². The van der Waals surface area contributed by atoms with Gasteiger partial charge in [-0.2, -0.15) is 4.98 Å². The molecule has 3 rings (SSSR count). The van der Waals surface area contributed by atoms with Crippen LogP contribution >= 0.6 is 15.9 Å². The summed E-state index contributed by atoms with van der Waals surface area (Å²) in [5.74, 6) is 2.28. The summed E-state index contributed by atoms with van der Waals surface area (Å²) < 4.78 is 6.01. The smallest absolute Gasteiger partial charge is 0.232 e. The Morgan fingerprint density at radius 1 is 1.50 bits per heavy atom. The molecule has 16 heavy (non-hydrogen) atoms. The molecule has 2 bridgehead atoms. The van der Waals surface area contributed by atoms with Crippen LogP contribution in [0.5, 0.6) is 5.88 Å². The second kappa shape index (κ2) is 3.87. The van der Waals surface area contributed by atoms with Gasteiger partial charge >= 0.3 is 0 Å². The van der Waals surface area contributed by atoms with Gasteiger partial charge in [-0.3, -0.25) is 0 Å². The Labute approximate surface area is 103 Å². The first-order chi connectivity index (χ1) is 7.78. The van der Waals surface area contributed by atoms with E-state index in [9.17, 15) is 0 Å². The summed E-state index contributed by atoms with van der Waals surface area (Å²) in [6.45, 7) is 1.11. The SMILES string of the molecule is COc1nc(N2CC3CCC2C3)ncc1Br. The molecule has 0 amide bonds. The maximum Gasteiger partial charge on any atom is 0.232 e. The number of nitrogens with zero attached hydrogens (tertiary/aromatic N) is 3. The Hall–Kier alpha value is -0.840. The van der Waals surface area contributed by atoms with Gasteiger partial charge < -0.3 is 9.64 Å². The summed E-state index contributed by atoms with van der Waals surface area (Å²) in [5.41, 5.74) is 0. The molecule has 2 atom stereocenters. The molecule has 1 aliphatic carbocycles. The molecular weight excluding hydrogens is 270 g/mol. The number of aromatic nitrogens is 2. The van der Waals surface area contributed by atoms with Gasteiger partial charge in [0, 0.05) is 12.6 Å². The summed E-state index contributed by atoms with van der Waals surface area (Å²) in [5, 5.41) is 0. The molecule has 1 saturated heterocycles. The van der Waals surface area contributed by atoms with Gasteiger partial charge in [-0.05, 0) is 41.1 Å². The quantitative estimate of drug-likeness (QED) is 0.834. The number of hydrogen-bond acceptors (Lipinski definition) is 4. The third-order valence-electron chi connectivity index (χ3n) is 3.56. The molecule has 0 radical (unpaired) electrons. The van der Waals surface area contributed by atoms with Crippen molar-refractivity contribution in [3.8, 4) is 5.88 Å². The summed E-state index contributed by atoms with van der Waals surface area (Å²) >= 11 is 3.37. The van der Waals surface area contributed by atoms with E-state index >= 15 is 0 Å². The highest BCUT2D eigenvalue weighted by atomic mass is 79.9. The Morgan fingerprint density at radius 2 is 2.38 bits per heavy atom. The molecule has 1 saturated carbocycles. The largest absolute Gasteiger partial charge is 0.480 e. The second-order valence-corrected chi connectivity index (χ2v) is 5.37. The maximum absolute atomic E-state index is 5.20. The molecule has 1 aromatic rings. The van der Waals surface area contributed by atoms with E-state index in [-0.39, 0.29) is 0 Å². The van der Waals surface area contributed by atoms with Gasteiger partial charge in [0.25, 0.3) is 0 Å². The number of rotatable bonds is 2. The lowest BCUT2D eigenvalue weighted by Crippen LogP contribution is -2.33. The van der Waals surface area contributed by atoms with Gasteiger partial charge in [-0.1, -0.05) is 0 Å². The minimum Gasteiger partial charge on any atom is -0.480 e. The van der Waals surface area contributed by atoms with Crippen molar-refractivity contribution in [2.24, 2.45) is 5.92 Å². The lowest BCUT2D eigenvalue weighted by molar-refractivity contribution is 0.393. The van der Waals surface area contributed by atoms with Gasteiger partial charge in [0.2, 0.25) is 11.8 Å². The first-order valence-corrected chi connectivity index (χ1v) is 6.40. The molecule has 1 aliphatic heterocycles. The highest BCUT2D eigenvalue weighted by Gasteiger charge is 2.39. The van der Waals surface area contributed by atoms with E-state index in [0.717, 1.165) is 22.9 Å². The van der Waals surface area contributed by atoms with Crippen molar-refractivity contribution in [1.82, 2.24) is 9.97 Å². The minimum absolute atomic E-state index is 0.618. The average Bonchev–Trinajstić information content (AvgIpc) is 2.91. The first kappa shape index (κ1) is 10.3. The van der Waals surface area contributed by atoms with E-state index in [1.807, 2.05) is 0 Å². The number of anilines is 1. The summed E-state index contributed by atoms with van der Waals surface area (Å²) in [6.07, 6.45) is 5.73. The van der Waals surface area contributed by atoms with Crippen molar-refractivity contribution in [2.75, 3.05) is 18.6 Å². The molecular formula is C11H14BrN3O. The van der Waals surface area contributed by atoms with E-state index in [2.05, 4.69) is 30.8 Å². The third kappa shape index (κ3) is 1.57. The van der Waals surface area contributed by atoms with Crippen LogP contribution in [0.25, 0.3) is 0 Å². The molecule has 5 heteroatoms. The number of halogens is 1. The van der Waals surface area contributed by atoms with E-state index < -0.39 is 0 Å². The van der Waals surface area contributed by atoms with Gasteiger partial charge in [0.05, 0.1) is 17.8 Å². The fraction of sp³-hybridized carbons (Fsp3) is 0.636. The standard InChI is InChI=1S/C11H14BrN3O/c1-16-10-9(12)5-13-11(14-10)15-6-7-2-3-8(15)4-7/h5,7-8H,2-4,6H2,1H3. The Morgan fingerprint density at radius 3 is 3.00 bits per heavy atom. The Balaban J connectivity index is 1.89. The van der Waals surface area contributed by atoms with Crippen LogP contribution in [0, 0.1) is 5.92 Å². The molecule has 0 spiro atoms. The highest BCUT2D eigenvalue weighted by Crippen LogP contribution is 2.39. The number of piperidine rings is 1. The van der Waals surface area contributed by atoms with Crippen LogP contribution in [0.4, 0.5) is 5.95 Å². The molecule has 2 unspecified atom stereocenters. The van der Waals surface area contributed by atoms with E-state index in [1.54, 1.807) is 13.3 Å². The molecule has 0 N–H and O–H groups in total. The monoisotopic (exact) mass is 283 g/mol. The maximum atomic E-state index is 5.20. The number of hydrogen-bond donors (Lipinski definition) is 0. The van der Waals surface area contributed by atoms with Crippen molar-refractivity contribution >= 4 is 21.9 Å². The summed E-state index contributed by atoms with van der Waals surface area (Å²) in [4.78, 5) is 11.1. The van der Waals surface area contributed by atoms with Gasteiger partial charge in [0.15, 0.2) is 0 Å². The second-order valence-electron chi connectivity index (χ2n) is 4.51. The third-order valence-corrected chi connectivity index (χ3v) is 4.10. The van der Waals surface area contributed by atoms with Gasteiger partial charge in [-0.15, -0.1) is 0 Å². The highest BCUT2D eigenvalue weighted by molar-refractivity contribution is 9.10. The molecule has 2 heterocycles. The Bertz CT molecular complexity index is 412. The lowest BCUT2D eigenvalue weighted by Gasteiger charge is -2.26. The zero-order valence-corrected chi connectivity index (χ0v) is 10.8. The fourth-order valence-corrected chi connectivity index (χ4v) is 3.15. The Kier molecular flexibility index (Phi) is 2.50. The molecule has 1 aromatic heterocycles. The van der Waals surface area contributed by atoms with Gasteiger partial charge in [0.1, 0.15) is 0 Å². The lowest BCUT2D eigenvalue weighted by atomic mass is 10.1. The van der Waals surface area contributed by atoms with Crippen molar-refractivity contribution in [2.45, 2.75) is 25.3 Å². The number of methoxy groups -OCH3 is 1. The van der Waals surface area contributed by atoms with E-state index in [1.165, 1.54) is 19.3 Å². The fourth-order valence-electron chi connectivity index (χ4n) is 2.79. The number of ether oxygens (including phenoxy) is 1. The van der Waals surface area contributed by atoms with E-state index in [4.69, 9.17) is 4.74 Å². The molecule has 86 valence electrons. The first-order valence-electron chi connectivity index (χ1n) is 5.61. The van der Waals surface area contributed by atoms with Crippen LogP contribution in [-0.4, -0.2) is 29.7 Å². The van der Waals surface area contributed by atoms with E-state index in [0.29, 0.717) is 11.9 Å². The molecule has 2 fully saturated rings. The van der Waals surface area contributed by atoms with Crippen LogP contribution < -0.4 is 9.64 Å². The summed E-state index contributed by atoms with van der Waals surface area (Å²) in [7, 11) is 1.63. The minimum atomic E-state index is 0.618. The summed E-state index contributed by atoms with van der Waals surface area (Å²) in [6, 6.07) is 0.649. The van der Waals surface area contributed by atoms with Crippen LogP contribution in [0.15, 0.2) is 10.7 Å². The molecule has 4 nitrogen and oxygen atoms in total. The van der Waals surface area contributed by atoms with Gasteiger partial charge in [-0.25, -0.2) is 4.98 Å². The predicted octanol–water partition coefficient (Wildman–Crippen LogP) is 2.24. The average molecular weight is 284 g/mol. The van der Waals surface area contributed by atoms with Crippen molar-refractivity contribution in [3.05, 3.63) is 10.7 Å². The number of fused-ring (bicyclic) bond motifs is 2. The van der Waals surface area contributed by atoms with Crippen molar-refractivity contribution < 1.29 is 4.74 Å². The van der Waals surface area contributed by atoms with Crippen LogP contribution in [0.2, 0.25) is 0 Å². The van der Waals surface area contributed by atoms with Crippen LogP contribution in [0.3, 0.4) is 0 Å². The zero-order chi connectivity index (χ0) is 11.1. The topological polar surface area (TPSA) is 38.2 Å². The van der Waals surface area contributed by atoms with Crippen LogP contribution in [0.1, 0.15) is 19.3 Å². The normalized spacial score (nSPS) is 27.5. The van der Waals surface area contributed by atoms with Crippen LogP contribution in [-0.2, 0) is 0 Å².